The highest BCUT2D eigenvalue weighted by Gasteiger charge is 2.22. The van der Waals surface area contributed by atoms with Crippen molar-refractivity contribution >= 4 is 28.0 Å². The first kappa shape index (κ1) is 17.7. The van der Waals surface area contributed by atoms with E-state index < -0.39 is 0 Å². The lowest BCUT2D eigenvalue weighted by Gasteiger charge is -2.34. The Balaban J connectivity index is 1.43. The zero-order valence-corrected chi connectivity index (χ0v) is 15.6. The van der Waals surface area contributed by atoms with Gasteiger partial charge in [0, 0.05) is 37.6 Å². The zero-order valence-electron chi connectivity index (χ0n) is 14.8. The van der Waals surface area contributed by atoms with Gasteiger partial charge in [-0.05, 0) is 23.6 Å². The summed E-state index contributed by atoms with van der Waals surface area (Å²) in [5.74, 6) is -0.154. The summed E-state index contributed by atoms with van der Waals surface area (Å²) in [6.07, 6.45) is 0. The Morgan fingerprint density at radius 1 is 1.00 bits per heavy atom. The van der Waals surface area contributed by atoms with Crippen molar-refractivity contribution in [2.24, 2.45) is 0 Å². The second-order valence-electron chi connectivity index (χ2n) is 6.61. The SMILES string of the molecule is O=C(Cn1[nH]c(=O)c2ccccc2c1=O)N1CCN(Cc2cccs2)CC1. The maximum Gasteiger partial charge on any atom is 0.273 e. The monoisotopic (exact) mass is 384 g/mol. The topological polar surface area (TPSA) is 78.4 Å². The second kappa shape index (κ2) is 7.50. The molecule has 0 saturated carbocycles. The maximum atomic E-state index is 12.6. The molecule has 140 valence electrons. The summed E-state index contributed by atoms with van der Waals surface area (Å²) >= 11 is 1.74. The third-order valence-electron chi connectivity index (χ3n) is 4.86. The summed E-state index contributed by atoms with van der Waals surface area (Å²) in [5, 5.41) is 5.26. The molecule has 8 heteroatoms. The molecule has 0 bridgehead atoms. The molecule has 3 aromatic rings. The molecule has 1 fully saturated rings. The van der Waals surface area contributed by atoms with E-state index in [0.717, 1.165) is 24.3 Å². The van der Waals surface area contributed by atoms with Crippen LogP contribution in [0.2, 0.25) is 0 Å². The van der Waals surface area contributed by atoms with Gasteiger partial charge < -0.3 is 4.90 Å². The molecule has 0 aliphatic carbocycles. The number of piperazine rings is 1. The Morgan fingerprint density at radius 2 is 1.74 bits per heavy atom. The van der Waals surface area contributed by atoms with Gasteiger partial charge in [-0.3, -0.25) is 24.4 Å². The van der Waals surface area contributed by atoms with Crippen LogP contribution in [-0.2, 0) is 17.9 Å². The van der Waals surface area contributed by atoms with Crippen LogP contribution in [0.5, 0.6) is 0 Å². The van der Waals surface area contributed by atoms with Gasteiger partial charge in [-0.15, -0.1) is 11.3 Å². The smallest absolute Gasteiger partial charge is 0.273 e. The maximum absolute atomic E-state index is 12.6. The number of aromatic nitrogens is 2. The van der Waals surface area contributed by atoms with Crippen LogP contribution < -0.4 is 11.1 Å². The van der Waals surface area contributed by atoms with Gasteiger partial charge in [0.05, 0.1) is 10.8 Å². The van der Waals surface area contributed by atoms with E-state index in [-0.39, 0.29) is 23.6 Å². The first-order valence-corrected chi connectivity index (χ1v) is 9.74. The minimum Gasteiger partial charge on any atom is -0.339 e. The molecule has 7 nitrogen and oxygen atoms in total. The van der Waals surface area contributed by atoms with Crippen LogP contribution in [0, 0.1) is 0 Å². The molecule has 2 aromatic heterocycles. The number of hydrogen-bond donors (Lipinski definition) is 1. The molecule has 3 heterocycles. The van der Waals surface area contributed by atoms with Crippen LogP contribution in [0.15, 0.2) is 51.4 Å². The van der Waals surface area contributed by atoms with E-state index in [2.05, 4.69) is 21.4 Å². The van der Waals surface area contributed by atoms with Gasteiger partial charge in [-0.2, -0.15) is 0 Å². The summed E-state index contributed by atoms with van der Waals surface area (Å²) in [7, 11) is 0. The van der Waals surface area contributed by atoms with Crippen molar-refractivity contribution in [2.45, 2.75) is 13.1 Å². The van der Waals surface area contributed by atoms with Crippen molar-refractivity contribution in [3.05, 3.63) is 67.4 Å². The van der Waals surface area contributed by atoms with Crippen LogP contribution in [0.4, 0.5) is 0 Å². The van der Waals surface area contributed by atoms with Gasteiger partial charge in [-0.25, -0.2) is 4.68 Å². The number of aromatic amines is 1. The lowest BCUT2D eigenvalue weighted by atomic mass is 10.2. The Labute approximate surface area is 159 Å². The fraction of sp³-hybridized carbons (Fsp3) is 0.316. The minimum absolute atomic E-state index is 0.149. The van der Waals surface area contributed by atoms with Crippen LogP contribution in [0.3, 0.4) is 0 Å². The third-order valence-corrected chi connectivity index (χ3v) is 5.72. The van der Waals surface area contributed by atoms with Crippen molar-refractivity contribution < 1.29 is 4.79 Å². The Kier molecular flexibility index (Phi) is 4.91. The lowest BCUT2D eigenvalue weighted by molar-refractivity contribution is -0.133. The van der Waals surface area contributed by atoms with E-state index in [9.17, 15) is 14.4 Å². The van der Waals surface area contributed by atoms with E-state index in [0.29, 0.717) is 23.9 Å². The summed E-state index contributed by atoms with van der Waals surface area (Å²) in [6, 6.07) is 10.8. The normalized spacial score (nSPS) is 15.3. The fourth-order valence-corrected chi connectivity index (χ4v) is 4.12. The van der Waals surface area contributed by atoms with Crippen molar-refractivity contribution in [3.63, 3.8) is 0 Å². The molecule has 0 atom stereocenters. The van der Waals surface area contributed by atoms with Gasteiger partial charge in [-0.1, -0.05) is 18.2 Å². The van der Waals surface area contributed by atoms with E-state index in [1.54, 1.807) is 40.5 Å². The molecule has 1 saturated heterocycles. The second-order valence-corrected chi connectivity index (χ2v) is 7.65. The van der Waals surface area contributed by atoms with Gasteiger partial charge in [0.15, 0.2) is 0 Å². The summed E-state index contributed by atoms with van der Waals surface area (Å²) in [4.78, 5) is 42.7. The molecule has 1 aliphatic rings. The van der Waals surface area contributed by atoms with E-state index >= 15 is 0 Å². The van der Waals surface area contributed by atoms with Crippen molar-refractivity contribution in [1.29, 1.82) is 0 Å². The van der Waals surface area contributed by atoms with Crippen molar-refractivity contribution in [1.82, 2.24) is 19.6 Å². The Morgan fingerprint density at radius 3 is 2.44 bits per heavy atom. The average molecular weight is 384 g/mol. The van der Waals surface area contributed by atoms with Crippen LogP contribution in [0.1, 0.15) is 4.88 Å². The molecule has 0 spiro atoms. The number of thiophene rings is 1. The van der Waals surface area contributed by atoms with E-state index in [1.807, 2.05) is 6.07 Å². The molecule has 0 radical (unpaired) electrons. The summed E-state index contributed by atoms with van der Waals surface area (Å²) < 4.78 is 1.12. The van der Waals surface area contributed by atoms with Crippen LogP contribution in [-0.4, -0.2) is 51.7 Å². The number of carbonyl (C=O) groups excluding carboxylic acids is 1. The number of rotatable bonds is 4. The quantitative estimate of drug-likeness (QED) is 0.731. The largest absolute Gasteiger partial charge is 0.339 e. The predicted molar refractivity (Wildman–Crippen MR) is 105 cm³/mol. The van der Waals surface area contributed by atoms with Crippen molar-refractivity contribution in [2.75, 3.05) is 26.2 Å². The Bertz CT molecular complexity index is 1060. The van der Waals surface area contributed by atoms with Gasteiger partial charge in [0.2, 0.25) is 5.91 Å². The number of nitrogens with one attached hydrogen (secondary N) is 1. The van der Waals surface area contributed by atoms with Gasteiger partial charge in [0.1, 0.15) is 6.54 Å². The molecule has 0 unspecified atom stereocenters. The van der Waals surface area contributed by atoms with E-state index in [1.165, 1.54) is 4.88 Å². The molecule has 1 aromatic carbocycles. The highest BCUT2D eigenvalue weighted by Crippen LogP contribution is 2.13. The molecule has 27 heavy (non-hydrogen) atoms. The van der Waals surface area contributed by atoms with Gasteiger partial charge >= 0.3 is 0 Å². The molecular weight excluding hydrogens is 364 g/mol. The van der Waals surface area contributed by atoms with Gasteiger partial charge in [0.25, 0.3) is 11.1 Å². The summed E-state index contributed by atoms with van der Waals surface area (Å²) in [6.45, 7) is 3.59. The number of hydrogen-bond acceptors (Lipinski definition) is 5. The average Bonchev–Trinajstić information content (AvgIpc) is 3.19. The predicted octanol–water partition coefficient (Wildman–Crippen LogP) is 1.10. The number of H-pyrrole nitrogens is 1. The minimum atomic E-state index is -0.362. The number of amides is 1. The third kappa shape index (κ3) is 3.72. The summed E-state index contributed by atoms with van der Waals surface area (Å²) in [5.41, 5.74) is -0.714. The zero-order chi connectivity index (χ0) is 18.8. The number of fused-ring (bicyclic) bond motifs is 1. The number of benzene rings is 1. The Hall–Kier alpha value is -2.71. The highest BCUT2D eigenvalue weighted by molar-refractivity contribution is 7.09. The first-order valence-electron chi connectivity index (χ1n) is 8.86. The fourth-order valence-electron chi connectivity index (χ4n) is 3.37. The molecule has 1 N–H and O–H groups in total. The molecule has 1 aliphatic heterocycles. The number of carbonyl (C=O) groups is 1. The molecule has 4 rings (SSSR count). The highest BCUT2D eigenvalue weighted by atomic mass is 32.1. The lowest BCUT2D eigenvalue weighted by Crippen LogP contribution is -2.50. The molecule has 1 amide bonds. The first-order chi connectivity index (χ1) is 13.1. The van der Waals surface area contributed by atoms with Crippen LogP contribution in [0.25, 0.3) is 10.8 Å². The standard InChI is InChI=1S/C19H20N4O3S/c24-17(22-9-7-21(8-10-22)12-14-4-3-11-27-14)13-23-19(26)16-6-2-1-5-15(16)18(25)20-23/h1-6,11H,7-10,12-13H2,(H,20,25). The van der Waals surface area contributed by atoms with Crippen molar-refractivity contribution in [3.8, 4) is 0 Å². The molecular formula is C19H20N4O3S. The van der Waals surface area contributed by atoms with E-state index in [4.69, 9.17) is 0 Å². The van der Waals surface area contributed by atoms with Crippen LogP contribution >= 0.6 is 11.3 Å². The number of nitrogens with zero attached hydrogens (tertiary/aromatic N) is 3.